The summed E-state index contributed by atoms with van der Waals surface area (Å²) in [5.41, 5.74) is 6.40. The van der Waals surface area contributed by atoms with E-state index in [9.17, 15) is 9.90 Å². The molecule has 2 rings (SSSR count). The Bertz CT molecular complexity index is 687. The number of phenolic OH excluding ortho intramolecular Hbond substituents is 1. The van der Waals surface area contributed by atoms with Gasteiger partial charge in [-0.05, 0) is 24.6 Å². The predicted molar refractivity (Wildman–Crippen MR) is 72.8 cm³/mol. The lowest BCUT2D eigenvalue weighted by Crippen LogP contribution is -2.28. The van der Waals surface area contributed by atoms with Crippen LogP contribution in [0.4, 0.5) is 5.95 Å². The molecule has 0 aliphatic carbocycles. The molecule has 20 heavy (non-hydrogen) atoms. The Morgan fingerprint density at radius 2 is 2.10 bits per heavy atom. The lowest BCUT2D eigenvalue weighted by Gasteiger charge is -2.13. The molecule has 0 unspecified atom stereocenters. The molecule has 0 aliphatic rings. The van der Waals surface area contributed by atoms with Crippen molar-refractivity contribution in [2.75, 3.05) is 5.43 Å². The third-order valence-electron chi connectivity index (χ3n) is 2.56. The third-order valence-corrected chi connectivity index (χ3v) is 2.56. The molecule has 1 heterocycles. The monoisotopic (exact) mass is 271 g/mol. The van der Waals surface area contributed by atoms with E-state index in [2.05, 4.69) is 26.9 Å². The van der Waals surface area contributed by atoms with Gasteiger partial charge in [-0.25, -0.2) is 10.4 Å². The molecule has 0 radical (unpaired) electrons. The second-order valence-corrected chi connectivity index (χ2v) is 4.16. The molecule has 0 spiro atoms. The van der Waals surface area contributed by atoms with Crippen LogP contribution in [0.3, 0.4) is 0 Å². The van der Waals surface area contributed by atoms with E-state index >= 15 is 0 Å². The molecule has 102 valence electrons. The van der Waals surface area contributed by atoms with Gasteiger partial charge in [-0.2, -0.15) is 5.26 Å². The zero-order valence-electron chi connectivity index (χ0n) is 10.7. The second-order valence-electron chi connectivity index (χ2n) is 4.16. The van der Waals surface area contributed by atoms with Crippen LogP contribution in [0.5, 0.6) is 5.75 Å². The quantitative estimate of drug-likeness (QED) is 0.616. The van der Waals surface area contributed by atoms with Crippen molar-refractivity contribution >= 4 is 5.95 Å². The molecule has 7 heteroatoms. The van der Waals surface area contributed by atoms with Crippen LogP contribution in [-0.2, 0) is 0 Å². The second kappa shape index (κ2) is 5.86. The van der Waals surface area contributed by atoms with Gasteiger partial charge in [-0.15, -0.1) is 0 Å². The smallest absolute Gasteiger partial charge is 0.252 e. The minimum Gasteiger partial charge on any atom is -0.508 e. The Morgan fingerprint density at radius 1 is 1.40 bits per heavy atom. The minimum absolute atomic E-state index is 0.128. The predicted octanol–water partition coefficient (Wildman–Crippen LogP) is 0.965. The van der Waals surface area contributed by atoms with E-state index in [1.807, 2.05) is 0 Å². The van der Waals surface area contributed by atoms with Crippen molar-refractivity contribution in [2.45, 2.75) is 13.0 Å². The number of nitrogens with one attached hydrogen (secondary N) is 3. The van der Waals surface area contributed by atoms with Crippen LogP contribution in [0.2, 0.25) is 0 Å². The van der Waals surface area contributed by atoms with Crippen molar-refractivity contribution in [1.82, 2.24) is 15.4 Å². The summed E-state index contributed by atoms with van der Waals surface area (Å²) in [7, 11) is 0. The van der Waals surface area contributed by atoms with Gasteiger partial charge >= 0.3 is 0 Å². The van der Waals surface area contributed by atoms with E-state index < -0.39 is 6.04 Å². The molecule has 4 N–H and O–H groups in total. The van der Waals surface area contributed by atoms with Gasteiger partial charge in [0.1, 0.15) is 11.8 Å². The van der Waals surface area contributed by atoms with Gasteiger partial charge in [0.25, 0.3) is 5.56 Å². The summed E-state index contributed by atoms with van der Waals surface area (Å²) in [4.78, 5) is 17.8. The molecule has 0 fully saturated rings. The number of aromatic hydroxyl groups is 1. The highest BCUT2D eigenvalue weighted by atomic mass is 16.3. The first-order valence-electron chi connectivity index (χ1n) is 5.86. The summed E-state index contributed by atoms with van der Waals surface area (Å²) in [5.74, 6) is 0.358. The highest BCUT2D eigenvalue weighted by Gasteiger charge is 2.10. The summed E-state index contributed by atoms with van der Waals surface area (Å²) in [6, 6.07) is 9.03. The highest BCUT2D eigenvalue weighted by Crippen LogP contribution is 2.16. The van der Waals surface area contributed by atoms with E-state index in [-0.39, 0.29) is 17.3 Å². The Balaban J connectivity index is 2.10. The van der Waals surface area contributed by atoms with E-state index in [4.69, 9.17) is 5.26 Å². The number of benzene rings is 1. The summed E-state index contributed by atoms with van der Waals surface area (Å²) in [6.07, 6.45) is 0. The molecule has 7 nitrogen and oxygen atoms in total. The molecule has 1 aromatic carbocycles. The number of rotatable bonds is 4. The standard InChI is InChI=1S/C13H13N5O2/c1-8-6-12(20)16-13(15-8)18-17-11(7-14)9-2-4-10(19)5-3-9/h2-6,11,17,19H,1H3,(H2,15,16,18,20)/t11-/m1/s1. The fourth-order valence-corrected chi connectivity index (χ4v) is 1.64. The average Bonchev–Trinajstić information content (AvgIpc) is 2.40. The first-order chi connectivity index (χ1) is 9.58. The molecule has 0 bridgehead atoms. The Labute approximate surface area is 114 Å². The first-order valence-corrected chi connectivity index (χ1v) is 5.86. The van der Waals surface area contributed by atoms with Gasteiger partial charge in [0.15, 0.2) is 0 Å². The van der Waals surface area contributed by atoms with Gasteiger partial charge in [-0.3, -0.25) is 15.2 Å². The van der Waals surface area contributed by atoms with Crippen molar-refractivity contribution in [3.8, 4) is 11.8 Å². The number of phenols is 1. The van der Waals surface area contributed by atoms with Crippen LogP contribution < -0.4 is 16.4 Å². The zero-order chi connectivity index (χ0) is 14.5. The molecule has 2 aromatic rings. The molecule has 1 aromatic heterocycles. The molecule has 0 saturated heterocycles. The van der Waals surface area contributed by atoms with Gasteiger partial charge in [0.2, 0.25) is 5.95 Å². The SMILES string of the molecule is Cc1cc(=O)[nH]c(NN[C@H](C#N)c2ccc(O)cc2)n1. The number of aromatic nitrogens is 2. The van der Waals surface area contributed by atoms with Crippen molar-refractivity contribution in [1.29, 1.82) is 5.26 Å². The Hall–Kier alpha value is -2.85. The maximum Gasteiger partial charge on any atom is 0.252 e. The molecule has 0 aliphatic heterocycles. The lowest BCUT2D eigenvalue weighted by atomic mass is 10.1. The molecule has 0 amide bonds. The van der Waals surface area contributed by atoms with Crippen LogP contribution in [-0.4, -0.2) is 15.1 Å². The zero-order valence-corrected chi connectivity index (χ0v) is 10.7. The number of aromatic amines is 1. The number of H-pyrrole nitrogens is 1. The van der Waals surface area contributed by atoms with Gasteiger partial charge in [0, 0.05) is 11.8 Å². The van der Waals surface area contributed by atoms with Crippen LogP contribution in [0, 0.1) is 18.3 Å². The normalized spacial score (nSPS) is 11.6. The van der Waals surface area contributed by atoms with Crippen molar-refractivity contribution < 1.29 is 5.11 Å². The molecule has 1 atom stereocenters. The third kappa shape index (κ3) is 3.34. The number of hydrogen-bond acceptors (Lipinski definition) is 6. The summed E-state index contributed by atoms with van der Waals surface area (Å²) in [6.45, 7) is 1.70. The summed E-state index contributed by atoms with van der Waals surface area (Å²) in [5, 5.41) is 18.3. The largest absolute Gasteiger partial charge is 0.508 e. The van der Waals surface area contributed by atoms with E-state index in [0.29, 0.717) is 11.3 Å². The van der Waals surface area contributed by atoms with E-state index in [0.717, 1.165) is 0 Å². The van der Waals surface area contributed by atoms with Gasteiger partial charge in [0.05, 0.1) is 6.07 Å². The maximum atomic E-state index is 11.3. The van der Waals surface area contributed by atoms with Gasteiger partial charge in [-0.1, -0.05) is 12.1 Å². The number of nitrogens with zero attached hydrogens (tertiary/aromatic N) is 2. The van der Waals surface area contributed by atoms with Crippen LogP contribution in [0.25, 0.3) is 0 Å². The molecular weight excluding hydrogens is 258 g/mol. The molecule has 0 saturated carbocycles. The number of anilines is 1. The number of hydrazine groups is 1. The summed E-state index contributed by atoms with van der Waals surface area (Å²) < 4.78 is 0. The highest BCUT2D eigenvalue weighted by molar-refractivity contribution is 5.32. The number of aryl methyl sites for hydroxylation is 1. The fraction of sp³-hybridized carbons (Fsp3) is 0.154. The Morgan fingerprint density at radius 3 is 2.70 bits per heavy atom. The lowest BCUT2D eigenvalue weighted by molar-refractivity contribution is 0.475. The number of nitriles is 1. The van der Waals surface area contributed by atoms with Crippen molar-refractivity contribution in [2.24, 2.45) is 0 Å². The van der Waals surface area contributed by atoms with Crippen LogP contribution in [0.15, 0.2) is 35.1 Å². The minimum atomic E-state index is -0.651. The fourth-order valence-electron chi connectivity index (χ4n) is 1.64. The average molecular weight is 271 g/mol. The molecular formula is C13H13N5O2. The Kier molecular flexibility index (Phi) is 3.98. The van der Waals surface area contributed by atoms with Crippen molar-refractivity contribution in [3.05, 3.63) is 51.9 Å². The number of hydrogen-bond donors (Lipinski definition) is 4. The first kappa shape index (κ1) is 13.6. The van der Waals surface area contributed by atoms with Crippen LogP contribution >= 0.6 is 0 Å². The maximum absolute atomic E-state index is 11.3. The van der Waals surface area contributed by atoms with Crippen molar-refractivity contribution in [3.63, 3.8) is 0 Å². The van der Waals surface area contributed by atoms with E-state index in [1.165, 1.54) is 18.2 Å². The van der Waals surface area contributed by atoms with Crippen LogP contribution in [0.1, 0.15) is 17.3 Å². The topological polar surface area (TPSA) is 114 Å². The van der Waals surface area contributed by atoms with Gasteiger partial charge < -0.3 is 5.11 Å². The van der Waals surface area contributed by atoms with E-state index in [1.54, 1.807) is 19.1 Å². The summed E-state index contributed by atoms with van der Waals surface area (Å²) >= 11 is 0.